The number of hydrogen-bond acceptors (Lipinski definition) is 3. The Kier molecular flexibility index (Phi) is 5.64. The van der Waals surface area contributed by atoms with E-state index in [9.17, 15) is 4.79 Å². The smallest absolute Gasteiger partial charge is 0.274 e. The molecule has 26 heavy (non-hydrogen) atoms. The lowest BCUT2D eigenvalue weighted by Gasteiger charge is -2.10. The maximum Gasteiger partial charge on any atom is 0.274 e. The number of nitrogens with zero attached hydrogens (tertiary/aromatic N) is 1. The Bertz CT molecular complexity index is 871. The highest BCUT2D eigenvalue weighted by molar-refractivity contribution is 6.03. The third kappa shape index (κ3) is 4.48. The summed E-state index contributed by atoms with van der Waals surface area (Å²) >= 11 is 0. The van der Waals surface area contributed by atoms with E-state index in [0.29, 0.717) is 5.69 Å². The quantitative estimate of drug-likeness (QED) is 0.673. The number of rotatable bonds is 6. The lowest BCUT2D eigenvalue weighted by Crippen LogP contribution is -2.14. The minimum absolute atomic E-state index is 0.198. The van der Waals surface area contributed by atoms with Gasteiger partial charge in [0.1, 0.15) is 5.69 Å². The predicted molar refractivity (Wildman–Crippen MR) is 107 cm³/mol. The highest BCUT2D eigenvalue weighted by atomic mass is 16.1. The highest BCUT2D eigenvalue weighted by Gasteiger charge is 2.09. The van der Waals surface area contributed by atoms with Gasteiger partial charge in [-0.25, -0.2) is 4.98 Å². The number of aryl methyl sites for hydroxylation is 2. The molecule has 1 aromatic heterocycles. The van der Waals surface area contributed by atoms with Crippen LogP contribution in [0, 0.1) is 6.92 Å². The molecule has 3 aromatic rings. The Balaban J connectivity index is 1.61. The first-order valence-corrected chi connectivity index (χ1v) is 8.80. The highest BCUT2D eigenvalue weighted by Crippen LogP contribution is 2.17. The van der Waals surface area contributed by atoms with Gasteiger partial charge in [-0.2, -0.15) is 0 Å². The molecule has 2 N–H and O–H groups in total. The molecule has 0 saturated carbocycles. The van der Waals surface area contributed by atoms with Gasteiger partial charge in [0.05, 0.1) is 11.9 Å². The summed E-state index contributed by atoms with van der Waals surface area (Å²) in [5.74, 6) is -0.198. The molecular formula is C22H23N3O. The lowest BCUT2D eigenvalue weighted by atomic mass is 10.1. The summed E-state index contributed by atoms with van der Waals surface area (Å²) in [6.07, 6.45) is 2.56. The van der Waals surface area contributed by atoms with Crippen LogP contribution in [0.15, 0.2) is 66.9 Å². The minimum atomic E-state index is -0.198. The number of para-hydroxylation sites is 1. The van der Waals surface area contributed by atoms with Gasteiger partial charge < -0.3 is 10.6 Å². The fourth-order valence-corrected chi connectivity index (χ4v) is 2.68. The lowest BCUT2D eigenvalue weighted by molar-refractivity contribution is 0.102. The van der Waals surface area contributed by atoms with Crippen molar-refractivity contribution in [3.8, 4) is 0 Å². The number of anilines is 2. The van der Waals surface area contributed by atoms with Gasteiger partial charge in [-0.3, -0.25) is 4.79 Å². The van der Waals surface area contributed by atoms with E-state index in [1.807, 2.05) is 30.3 Å². The van der Waals surface area contributed by atoms with E-state index in [1.165, 1.54) is 11.1 Å². The molecule has 4 nitrogen and oxygen atoms in total. The number of nitrogens with one attached hydrogen (secondary N) is 2. The van der Waals surface area contributed by atoms with Crippen LogP contribution in [-0.2, 0) is 13.0 Å². The largest absolute Gasteiger partial charge is 0.380 e. The van der Waals surface area contributed by atoms with Crippen molar-refractivity contribution < 1.29 is 4.79 Å². The van der Waals surface area contributed by atoms with Gasteiger partial charge in [-0.1, -0.05) is 55.0 Å². The molecule has 0 unspecified atom stereocenters. The molecule has 0 aliphatic heterocycles. The molecule has 3 rings (SSSR count). The average molecular weight is 345 g/mol. The normalized spacial score (nSPS) is 10.4. The Morgan fingerprint density at radius 3 is 2.46 bits per heavy atom. The van der Waals surface area contributed by atoms with Crippen LogP contribution in [0.1, 0.15) is 34.1 Å². The third-order valence-corrected chi connectivity index (χ3v) is 4.26. The summed E-state index contributed by atoms with van der Waals surface area (Å²) in [7, 11) is 0. The van der Waals surface area contributed by atoms with Crippen molar-refractivity contribution in [1.29, 1.82) is 0 Å². The molecule has 0 bridgehead atoms. The summed E-state index contributed by atoms with van der Waals surface area (Å²) in [5.41, 5.74) is 5.68. The second-order valence-corrected chi connectivity index (χ2v) is 6.24. The van der Waals surface area contributed by atoms with E-state index in [1.54, 1.807) is 12.3 Å². The Hall–Kier alpha value is -3.14. The van der Waals surface area contributed by atoms with Crippen LogP contribution in [0.4, 0.5) is 11.4 Å². The number of amides is 1. The van der Waals surface area contributed by atoms with Crippen molar-refractivity contribution in [1.82, 2.24) is 4.98 Å². The zero-order chi connectivity index (χ0) is 18.4. The standard InChI is InChI=1S/C22H23N3O/c1-3-18-6-4-5-7-20(18)25-22(26)21-13-12-19(15-24-21)23-14-17-10-8-16(2)9-11-17/h4-13,15,23H,3,14H2,1-2H3,(H,25,26). The molecule has 1 amide bonds. The van der Waals surface area contributed by atoms with Gasteiger partial charge in [0.15, 0.2) is 0 Å². The molecule has 0 aliphatic rings. The maximum atomic E-state index is 12.4. The van der Waals surface area contributed by atoms with E-state index >= 15 is 0 Å². The fourth-order valence-electron chi connectivity index (χ4n) is 2.68. The first kappa shape index (κ1) is 17.7. The molecule has 0 aliphatic carbocycles. The van der Waals surface area contributed by atoms with E-state index in [-0.39, 0.29) is 5.91 Å². The number of carbonyl (C=O) groups excluding carboxylic acids is 1. The summed E-state index contributed by atoms with van der Waals surface area (Å²) in [5, 5.41) is 6.26. The van der Waals surface area contributed by atoms with Crippen LogP contribution in [0.3, 0.4) is 0 Å². The molecule has 4 heteroatoms. The number of hydrogen-bond donors (Lipinski definition) is 2. The van der Waals surface area contributed by atoms with Crippen LogP contribution < -0.4 is 10.6 Å². The van der Waals surface area contributed by atoms with Crippen molar-refractivity contribution in [3.05, 3.63) is 89.2 Å². The fraction of sp³-hybridized carbons (Fsp3) is 0.182. The average Bonchev–Trinajstić information content (AvgIpc) is 2.68. The van der Waals surface area contributed by atoms with Crippen LogP contribution in [-0.4, -0.2) is 10.9 Å². The second kappa shape index (κ2) is 8.30. The van der Waals surface area contributed by atoms with Crippen LogP contribution >= 0.6 is 0 Å². The zero-order valence-electron chi connectivity index (χ0n) is 15.1. The molecular weight excluding hydrogens is 322 g/mol. The van der Waals surface area contributed by atoms with Crippen LogP contribution in [0.2, 0.25) is 0 Å². The number of aromatic nitrogens is 1. The Labute approximate surface area is 154 Å². The minimum Gasteiger partial charge on any atom is -0.380 e. The van der Waals surface area contributed by atoms with Gasteiger partial charge in [0.2, 0.25) is 0 Å². The summed E-state index contributed by atoms with van der Waals surface area (Å²) < 4.78 is 0. The predicted octanol–water partition coefficient (Wildman–Crippen LogP) is 4.82. The molecule has 2 aromatic carbocycles. The van der Waals surface area contributed by atoms with Crippen molar-refractivity contribution in [2.75, 3.05) is 10.6 Å². The van der Waals surface area contributed by atoms with Crippen molar-refractivity contribution >= 4 is 17.3 Å². The third-order valence-electron chi connectivity index (χ3n) is 4.26. The first-order valence-electron chi connectivity index (χ1n) is 8.80. The van der Waals surface area contributed by atoms with Crippen LogP contribution in [0.5, 0.6) is 0 Å². The summed E-state index contributed by atoms with van der Waals surface area (Å²) in [6.45, 7) is 4.86. The number of pyridine rings is 1. The molecule has 0 fully saturated rings. The molecule has 1 heterocycles. The summed E-state index contributed by atoms with van der Waals surface area (Å²) in [4.78, 5) is 16.7. The van der Waals surface area contributed by atoms with Gasteiger partial charge in [-0.15, -0.1) is 0 Å². The topological polar surface area (TPSA) is 54.0 Å². The summed E-state index contributed by atoms with van der Waals surface area (Å²) in [6, 6.07) is 19.8. The molecule has 0 atom stereocenters. The van der Waals surface area contributed by atoms with E-state index in [0.717, 1.165) is 29.9 Å². The monoisotopic (exact) mass is 345 g/mol. The Morgan fingerprint density at radius 2 is 1.77 bits per heavy atom. The molecule has 132 valence electrons. The van der Waals surface area contributed by atoms with Gasteiger partial charge in [-0.05, 0) is 42.7 Å². The first-order chi connectivity index (χ1) is 12.7. The second-order valence-electron chi connectivity index (χ2n) is 6.24. The zero-order valence-corrected chi connectivity index (χ0v) is 15.1. The molecule has 0 radical (unpaired) electrons. The van der Waals surface area contributed by atoms with E-state index in [2.05, 4.69) is 53.7 Å². The Morgan fingerprint density at radius 1 is 1.00 bits per heavy atom. The van der Waals surface area contributed by atoms with Gasteiger partial charge >= 0.3 is 0 Å². The van der Waals surface area contributed by atoms with E-state index < -0.39 is 0 Å². The van der Waals surface area contributed by atoms with E-state index in [4.69, 9.17) is 0 Å². The van der Waals surface area contributed by atoms with Crippen molar-refractivity contribution in [2.24, 2.45) is 0 Å². The van der Waals surface area contributed by atoms with Gasteiger partial charge in [0.25, 0.3) is 5.91 Å². The maximum absolute atomic E-state index is 12.4. The molecule has 0 saturated heterocycles. The van der Waals surface area contributed by atoms with Gasteiger partial charge in [0, 0.05) is 12.2 Å². The number of carbonyl (C=O) groups is 1. The SMILES string of the molecule is CCc1ccccc1NC(=O)c1ccc(NCc2ccc(C)cc2)cn1. The number of benzene rings is 2. The van der Waals surface area contributed by atoms with Crippen LogP contribution in [0.25, 0.3) is 0 Å². The molecule has 0 spiro atoms. The van der Waals surface area contributed by atoms with Crippen molar-refractivity contribution in [2.45, 2.75) is 26.8 Å². The van der Waals surface area contributed by atoms with Crippen molar-refractivity contribution in [3.63, 3.8) is 0 Å².